The van der Waals surface area contributed by atoms with Crippen LogP contribution in [0.2, 0.25) is 0 Å². The van der Waals surface area contributed by atoms with Gasteiger partial charge in [0.2, 0.25) is 0 Å². The summed E-state index contributed by atoms with van der Waals surface area (Å²) < 4.78 is 11.6. The van der Waals surface area contributed by atoms with E-state index in [1.807, 2.05) is 6.07 Å². The minimum atomic E-state index is -0.547. The average Bonchev–Trinajstić information content (AvgIpc) is 2.89. The molecule has 39 heavy (non-hydrogen) atoms. The second-order valence-corrected chi connectivity index (χ2v) is 13.5. The van der Waals surface area contributed by atoms with Crippen molar-refractivity contribution in [2.45, 2.75) is 115 Å². The van der Waals surface area contributed by atoms with Gasteiger partial charge in [-0.2, -0.15) is 0 Å². The third-order valence-electron chi connectivity index (χ3n) is 9.63. The maximum atomic E-state index is 11.4. The molecule has 4 atom stereocenters. The zero-order valence-electron chi connectivity index (χ0n) is 24.9. The van der Waals surface area contributed by atoms with Crippen molar-refractivity contribution in [3.05, 3.63) is 34.9 Å². The number of ether oxygens (including phenoxy) is 2. The number of piperidine rings is 1. The van der Waals surface area contributed by atoms with E-state index in [2.05, 4.69) is 51.7 Å². The van der Waals surface area contributed by atoms with Crippen molar-refractivity contribution in [2.24, 2.45) is 11.8 Å². The normalized spacial score (nSPS) is 25.6. The number of aliphatic hydroxyl groups is 1. The van der Waals surface area contributed by atoms with Crippen molar-refractivity contribution in [3.63, 3.8) is 0 Å². The Bertz CT molecular complexity index is 1020. The van der Waals surface area contributed by atoms with E-state index in [9.17, 15) is 15.0 Å². The van der Waals surface area contributed by atoms with Crippen LogP contribution in [0, 0.1) is 11.8 Å². The Hall–Kier alpha value is -2.05. The number of hydrogen-bond donors (Lipinski definition) is 2. The van der Waals surface area contributed by atoms with Crippen LogP contribution >= 0.6 is 0 Å². The summed E-state index contributed by atoms with van der Waals surface area (Å²) in [6.07, 6.45) is 11.3. The molecule has 1 unspecified atom stereocenters. The Morgan fingerprint density at radius 3 is 2.79 bits per heavy atom. The molecular weight excluding hydrogens is 490 g/mol. The Morgan fingerprint density at radius 2 is 2.05 bits per heavy atom. The lowest BCUT2D eigenvalue weighted by Crippen LogP contribution is -2.47. The molecule has 3 aliphatic rings. The van der Waals surface area contributed by atoms with Crippen molar-refractivity contribution in [1.82, 2.24) is 4.90 Å². The van der Waals surface area contributed by atoms with Gasteiger partial charge in [0.1, 0.15) is 17.1 Å². The van der Waals surface area contributed by atoms with Gasteiger partial charge < -0.3 is 24.6 Å². The van der Waals surface area contributed by atoms with Crippen LogP contribution in [0.15, 0.2) is 23.8 Å². The summed E-state index contributed by atoms with van der Waals surface area (Å²) in [6.45, 7) is 14.5. The summed E-state index contributed by atoms with van der Waals surface area (Å²) in [5, 5.41) is 22.7. The lowest BCUT2D eigenvalue weighted by molar-refractivity contribution is -0.130. The van der Waals surface area contributed by atoms with Gasteiger partial charge in [-0.3, -0.25) is 4.79 Å². The summed E-state index contributed by atoms with van der Waals surface area (Å²) in [6, 6.07) is 4.15. The summed E-state index contributed by atoms with van der Waals surface area (Å²) in [4.78, 5) is 12.9. The Morgan fingerprint density at radius 1 is 1.26 bits per heavy atom. The lowest BCUT2D eigenvalue weighted by Gasteiger charge is -2.48. The summed E-state index contributed by atoms with van der Waals surface area (Å²) in [7, 11) is 0. The molecule has 0 bridgehead atoms. The number of likely N-dealkylation sites (tertiary alicyclic amines) is 1. The molecule has 1 saturated heterocycles. The van der Waals surface area contributed by atoms with Crippen molar-refractivity contribution in [3.8, 4) is 11.5 Å². The maximum Gasteiger partial charge on any atom is 0.293 e. The van der Waals surface area contributed by atoms with Gasteiger partial charge in [-0.05, 0) is 81.2 Å². The van der Waals surface area contributed by atoms with Crippen LogP contribution in [0.4, 0.5) is 0 Å². The second-order valence-electron chi connectivity index (χ2n) is 13.5. The summed E-state index contributed by atoms with van der Waals surface area (Å²) in [5.74, 6) is 1.81. The van der Waals surface area contributed by atoms with Gasteiger partial charge in [-0.25, -0.2) is 0 Å². The predicted molar refractivity (Wildman–Crippen MR) is 155 cm³/mol. The maximum absolute atomic E-state index is 11.4. The molecule has 4 rings (SSSR count). The lowest BCUT2D eigenvalue weighted by atomic mass is 9.66. The molecule has 6 nitrogen and oxygen atoms in total. The number of rotatable bonds is 12. The number of hydrogen-bond acceptors (Lipinski definition) is 6. The topological polar surface area (TPSA) is 79.2 Å². The number of allylic oxidation sites excluding steroid dienone is 1. The highest BCUT2D eigenvalue weighted by Gasteiger charge is 2.47. The number of phenols is 1. The quantitative estimate of drug-likeness (QED) is 0.179. The third kappa shape index (κ3) is 7.00. The molecular formula is C33H51NO5. The van der Waals surface area contributed by atoms with Crippen LogP contribution in [0.1, 0.15) is 109 Å². The number of aromatic hydroxyl groups is 1. The molecule has 1 aromatic rings. The van der Waals surface area contributed by atoms with Gasteiger partial charge in [0.15, 0.2) is 0 Å². The first-order valence-electron chi connectivity index (χ1n) is 15.3. The monoisotopic (exact) mass is 541 g/mol. The van der Waals surface area contributed by atoms with Crippen LogP contribution < -0.4 is 4.74 Å². The molecule has 0 spiro atoms. The molecule has 1 aliphatic carbocycles. The zero-order chi connectivity index (χ0) is 28.2. The summed E-state index contributed by atoms with van der Waals surface area (Å²) in [5.41, 5.74) is 2.70. The van der Waals surface area contributed by atoms with Crippen LogP contribution in [0.5, 0.6) is 11.5 Å². The number of phenolic OH excluding ortho intramolecular Hbond substituents is 1. The molecule has 6 heteroatoms. The third-order valence-corrected chi connectivity index (χ3v) is 9.63. The van der Waals surface area contributed by atoms with E-state index in [1.165, 1.54) is 25.7 Å². The van der Waals surface area contributed by atoms with E-state index in [0.717, 1.165) is 67.6 Å². The fourth-order valence-electron chi connectivity index (χ4n) is 7.21. The van der Waals surface area contributed by atoms with Gasteiger partial charge in [0.05, 0.1) is 12.7 Å². The first-order chi connectivity index (χ1) is 18.6. The molecule has 1 aromatic carbocycles. The number of aliphatic hydroxyl groups excluding tert-OH is 1. The molecule has 0 aromatic heterocycles. The standard InChI is InChI=1S/C33H51NO5/c1-6-7-8-9-14-32(2,3)25-17-28(36)31-26-16-24(12-13-27(26)33(4,5)39-30(31)18-25)29(37)20-34-15-10-11-23(19-34)21-38-22-35/h12,17-18,22-23,26-27,29,36-37H,6-11,13-16,19-21H2,1-5H3/t23-,26+,27+,29?/m0/s1. The fourth-order valence-corrected chi connectivity index (χ4v) is 7.21. The van der Waals surface area contributed by atoms with Crippen molar-refractivity contribution in [1.29, 1.82) is 0 Å². The van der Waals surface area contributed by atoms with E-state index in [1.54, 1.807) is 0 Å². The van der Waals surface area contributed by atoms with Gasteiger partial charge >= 0.3 is 0 Å². The molecule has 0 radical (unpaired) electrons. The van der Waals surface area contributed by atoms with Crippen LogP contribution in [-0.4, -0.2) is 59.5 Å². The molecule has 218 valence electrons. The van der Waals surface area contributed by atoms with E-state index in [0.29, 0.717) is 31.3 Å². The van der Waals surface area contributed by atoms with Gasteiger partial charge in [0.25, 0.3) is 6.47 Å². The number of carbonyl (C=O) groups excluding carboxylic acids is 1. The molecule has 1 fully saturated rings. The number of carbonyl (C=O) groups is 1. The second kappa shape index (κ2) is 12.6. The van der Waals surface area contributed by atoms with Crippen molar-refractivity contribution < 1.29 is 24.5 Å². The molecule has 2 aliphatic heterocycles. The average molecular weight is 542 g/mol. The number of unbranched alkanes of at least 4 members (excludes halogenated alkanes) is 3. The van der Waals surface area contributed by atoms with E-state index in [-0.39, 0.29) is 22.9 Å². The Kier molecular flexibility index (Phi) is 9.69. The predicted octanol–water partition coefficient (Wildman–Crippen LogP) is 6.48. The van der Waals surface area contributed by atoms with E-state index in [4.69, 9.17) is 9.47 Å². The fraction of sp³-hybridized carbons (Fsp3) is 0.727. The van der Waals surface area contributed by atoms with Crippen molar-refractivity contribution in [2.75, 3.05) is 26.2 Å². The van der Waals surface area contributed by atoms with E-state index < -0.39 is 6.10 Å². The minimum Gasteiger partial charge on any atom is -0.508 e. The largest absolute Gasteiger partial charge is 0.508 e. The number of β-amino-alcohol motifs (C(OH)–C–C–N with tert-alkyl or cyclic N) is 1. The van der Waals surface area contributed by atoms with Crippen LogP contribution in [-0.2, 0) is 14.9 Å². The van der Waals surface area contributed by atoms with Crippen LogP contribution in [0.3, 0.4) is 0 Å². The van der Waals surface area contributed by atoms with Crippen LogP contribution in [0.25, 0.3) is 0 Å². The van der Waals surface area contributed by atoms with Gasteiger partial charge in [0, 0.05) is 36.4 Å². The zero-order valence-corrected chi connectivity index (χ0v) is 24.9. The van der Waals surface area contributed by atoms with Gasteiger partial charge in [-0.15, -0.1) is 0 Å². The molecule has 0 saturated carbocycles. The minimum absolute atomic E-state index is 0.0402. The highest BCUT2D eigenvalue weighted by molar-refractivity contribution is 5.54. The Balaban J connectivity index is 1.50. The van der Waals surface area contributed by atoms with Crippen molar-refractivity contribution >= 4 is 6.47 Å². The first kappa shape index (κ1) is 29.9. The number of benzene rings is 1. The highest BCUT2D eigenvalue weighted by atomic mass is 16.5. The molecule has 0 amide bonds. The smallest absolute Gasteiger partial charge is 0.293 e. The number of fused-ring (bicyclic) bond motifs is 3. The first-order valence-corrected chi connectivity index (χ1v) is 15.3. The Labute approximate surface area is 235 Å². The highest BCUT2D eigenvalue weighted by Crippen LogP contribution is 2.55. The molecule has 2 heterocycles. The van der Waals surface area contributed by atoms with E-state index >= 15 is 0 Å². The molecule has 2 N–H and O–H groups in total. The SMILES string of the molecule is CCCCCCC(C)(C)c1cc(O)c2c(c1)OC(C)(C)[C@@H]1CC=C(C(O)CN3CCC[C@H](COC=O)C3)C[C@@H]21. The number of nitrogens with zero attached hydrogens (tertiary/aromatic N) is 1. The van der Waals surface area contributed by atoms with Gasteiger partial charge in [-0.1, -0.05) is 52.5 Å². The summed E-state index contributed by atoms with van der Waals surface area (Å²) >= 11 is 0.